The standard InChI is InChI=1S/C15H16F3N3O2/c1-8(6-19-2)21-14(22)10-3-9-4-11(16)13(23-15(17)18)5-12(9)20-7-10/h3-5,7-8,15,19H,6H2,1-2H3,(H,21,22). The third-order valence-corrected chi connectivity index (χ3v) is 3.10. The van der Waals surface area contributed by atoms with E-state index in [1.165, 1.54) is 12.3 Å². The van der Waals surface area contributed by atoms with Gasteiger partial charge in [-0.05, 0) is 26.1 Å². The number of rotatable bonds is 6. The van der Waals surface area contributed by atoms with Crippen molar-refractivity contribution >= 4 is 16.8 Å². The second-order valence-corrected chi connectivity index (χ2v) is 5.01. The van der Waals surface area contributed by atoms with Crippen LogP contribution in [0, 0.1) is 5.82 Å². The monoisotopic (exact) mass is 327 g/mol. The molecule has 1 amide bonds. The number of ether oxygens (including phenoxy) is 1. The van der Waals surface area contributed by atoms with Gasteiger partial charge >= 0.3 is 6.61 Å². The highest BCUT2D eigenvalue weighted by Crippen LogP contribution is 2.25. The smallest absolute Gasteiger partial charge is 0.387 e. The lowest BCUT2D eigenvalue weighted by Crippen LogP contribution is -2.38. The minimum atomic E-state index is -3.12. The highest BCUT2D eigenvalue weighted by atomic mass is 19.3. The van der Waals surface area contributed by atoms with Crippen molar-refractivity contribution in [1.29, 1.82) is 0 Å². The molecule has 23 heavy (non-hydrogen) atoms. The molecule has 0 bridgehead atoms. The van der Waals surface area contributed by atoms with Crippen LogP contribution in [0.2, 0.25) is 0 Å². The molecular weight excluding hydrogens is 311 g/mol. The van der Waals surface area contributed by atoms with Gasteiger partial charge in [-0.15, -0.1) is 0 Å². The number of carbonyl (C=O) groups is 1. The van der Waals surface area contributed by atoms with E-state index in [4.69, 9.17) is 0 Å². The third kappa shape index (κ3) is 4.32. The van der Waals surface area contributed by atoms with E-state index in [1.807, 2.05) is 6.92 Å². The van der Waals surface area contributed by atoms with Crippen LogP contribution in [0.4, 0.5) is 13.2 Å². The highest BCUT2D eigenvalue weighted by molar-refractivity contribution is 5.97. The molecule has 0 saturated carbocycles. The number of fused-ring (bicyclic) bond motifs is 1. The van der Waals surface area contributed by atoms with Crippen molar-refractivity contribution in [2.45, 2.75) is 19.6 Å². The summed E-state index contributed by atoms with van der Waals surface area (Å²) in [6.45, 7) is -0.702. The Hall–Kier alpha value is -2.35. The zero-order valence-electron chi connectivity index (χ0n) is 12.6. The van der Waals surface area contributed by atoms with Gasteiger partial charge in [-0.3, -0.25) is 9.78 Å². The Bertz CT molecular complexity index is 710. The lowest BCUT2D eigenvalue weighted by molar-refractivity contribution is -0.0520. The molecule has 124 valence electrons. The largest absolute Gasteiger partial charge is 0.432 e. The SMILES string of the molecule is CNCC(C)NC(=O)c1cnc2cc(OC(F)F)c(F)cc2c1. The fraction of sp³-hybridized carbons (Fsp3) is 0.333. The number of likely N-dealkylation sites (N-methyl/N-ethyl adjacent to an activating group) is 1. The number of hydrogen-bond acceptors (Lipinski definition) is 4. The molecule has 1 aromatic heterocycles. The molecule has 0 aliphatic rings. The van der Waals surface area contributed by atoms with Gasteiger partial charge in [0.2, 0.25) is 0 Å². The van der Waals surface area contributed by atoms with Gasteiger partial charge in [0, 0.05) is 30.2 Å². The molecule has 1 heterocycles. The van der Waals surface area contributed by atoms with Crippen molar-refractivity contribution in [3.8, 4) is 5.75 Å². The van der Waals surface area contributed by atoms with Gasteiger partial charge in [-0.25, -0.2) is 4.39 Å². The topological polar surface area (TPSA) is 63.2 Å². The average Bonchev–Trinajstić information content (AvgIpc) is 2.47. The number of amides is 1. The van der Waals surface area contributed by atoms with Gasteiger partial charge in [0.15, 0.2) is 11.6 Å². The summed E-state index contributed by atoms with van der Waals surface area (Å²) < 4.78 is 42.2. The Kier molecular flexibility index (Phi) is 5.38. The summed E-state index contributed by atoms with van der Waals surface area (Å²) in [5.74, 6) is -1.88. The summed E-state index contributed by atoms with van der Waals surface area (Å²) in [6, 6.07) is 3.43. The molecule has 0 spiro atoms. The van der Waals surface area contributed by atoms with Crippen LogP contribution >= 0.6 is 0 Å². The highest BCUT2D eigenvalue weighted by Gasteiger charge is 2.14. The van der Waals surface area contributed by atoms with Crippen molar-refractivity contribution in [2.75, 3.05) is 13.6 Å². The first-order chi connectivity index (χ1) is 10.9. The van der Waals surface area contributed by atoms with Crippen LogP contribution in [-0.4, -0.2) is 37.1 Å². The summed E-state index contributed by atoms with van der Waals surface area (Å²) in [7, 11) is 1.77. The maximum absolute atomic E-state index is 13.7. The molecule has 0 radical (unpaired) electrons. The maximum Gasteiger partial charge on any atom is 0.387 e. The zero-order chi connectivity index (χ0) is 17.0. The predicted molar refractivity (Wildman–Crippen MR) is 79.2 cm³/mol. The molecule has 2 rings (SSSR count). The molecule has 1 atom stereocenters. The van der Waals surface area contributed by atoms with E-state index in [0.717, 1.165) is 12.1 Å². The number of alkyl halides is 2. The van der Waals surface area contributed by atoms with E-state index in [-0.39, 0.29) is 23.0 Å². The number of pyridine rings is 1. The van der Waals surface area contributed by atoms with Gasteiger partial charge in [0.05, 0.1) is 11.1 Å². The van der Waals surface area contributed by atoms with Crippen molar-refractivity contribution in [3.05, 3.63) is 35.8 Å². The van der Waals surface area contributed by atoms with Gasteiger partial charge in [0.1, 0.15) is 0 Å². The second kappa shape index (κ2) is 7.28. The zero-order valence-corrected chi connectivity index (χ0v) is 12.6. The average molecular weight is 327 g/mol. The predicted octanol–water partition coefficient (Wildman–Crippen LogP) is 2.31. The van der Waals surface area contributed by atoms with Gasteiger partial charge in [0.25, 0.3) is 5.91 Å². The third-order valence-electron chi connectivity index (χ3n) is 3.10. The quantitative estimate of drug-likeness (QED) is 0.855. The molecular formula is C15H16F3N3O2. The molecule has 1 unspecified atom stereocenters. The lowest BCUT2D eigenvalue weighted by Gasteiger charge is -2.13. The van der Waals surface area contributed by atoms with Crippen molar-refractivity contribution in [2.24, 2.45) is 0 Å². The maximum atomic E-state index is 13.7. The number of hydrogen-bond donors (Lipinski definition) is 2. The first kappa shape index (κ1) is 17.0. The summed E-state index contributed by atoms with van der Waals surface area (Å²) in [5.41, 5.74) is 0.504. The summed E-state index contributed by atoms with van der Waals surface area (Å²) in [4.78, 5) is 16.1. The van der Waals surface area contributed by atoms with Crippen LogP contribution < -0.4 is 15.4 Å². The first-order valence-electron chi connectivity index (χ1n) is 6.90. The van der Waals surface area contributed by atoms with Crippen molar-refractivity contribution < 1.29 is 22.7 Å². The molecule has 0 aliphatic heterocycles. The number of nitrogens with zero attached hydrogens (tertiary/aromatic N) is 1. The van der Waals surface area contributed by atoms with E-state index >= 15 is 0 Å². The van der Waals surface area contributed by atoms with Crippen LogP contribution in [0.25, 0.3) is 10.9 Å². The van der Waals surface area contributed by atoms with Crippen molar-refractivity contribution in [3.63, 3.8) is 0 Å². The minimum Gasteiger partial charge on any atom is -0.432 e. The Morgan fingerprint density at radius 1 is 1.35 bits per heavy atom. The van der Waals surface area contributed by atoms with Gasteiger partial charge in [-0.2, -0.15) is 8.78 Å². The lowest BCUT2D eigenvalue weighted by atomic mass is 10.1. The summed E-state index contributed by atoms with van der Waals surface area (Å²) in [6.07, 6.45) is 1.30. The van der Waals surface area contributed by atoms with Crippen LogP contribution in [0.15, 0.2) is 24.4 Å². The molecule has 2 N–H and O–H groups in total. The van der Waals surface area contributed by atoms with E-state index in [1.54, 1.807) is 7.05 Å². The molecule has 8 heteroatoms. The van der Waals surface area contributed by atoms with Crippen LogP contribution in [0.5, 0.6) is 5.75 Å². The molecule has 0 fully saturated rings. The Morgan fingerprint density at radius 3 is 2.74 bits per heavy atom. The molecule has 0 aliphatic carbocycles. The van der Waals surface area contributed by atoms with E-state index in [0.29, 0.717) is 11.9 Å². The number of aromatic nitrogens is 1. The molecule has 0 saturated heterocycles. The molecule has 1 aromatic carbocycles. The van der Waals surface area contributed by atoms with Crippen LogP contribution in [0.3, 0.4) is 0 Å². The van der Waals surface area contributed by atoms with E-state index in [9.17, 15) is 18.0 Å². The summed E-state index contributed by atoms with van der Waals surface area (Å²) >= 11 is 0. The van der Waals surface area contributed by atoms with Crippen LogP contribution in [-0.2, 0) is 0 Å². The second-order valence-electron chi connectivity index (χ2n) is 5.01. The Balaban J connectivity index is 2.27. The number of halogens is 3. The number of carbonyl (C=O) groups excluding carboxylic acids is 1. The molecule has 5 nitrogen and oxygen atoms in total. The minimum absolute atomic E-state index is 0.0956. The van der Waals surface area contributed by atoms with Crippen molar-refractivity contribution in [1.82, 2.24) is 15.6 Å². The van der Waals surface area contributed by atoms with Crippen LogP contribution in [0.1, 0.15) is 17.3 Å². The number of nitrogens with one attached hydrogen (secondary N) is 2. The number of benzene rings is 1. The fourth-order valence-electron chi connectivity index (χ4n) is 2.10. The Labute approximate surface area is 130 Å². The van der Waals surface area contributed by atoms with Gasteiger partial charge in [-0.1, -0.05) is 0 Å². The summed E-state index contributed by atoms with van der Waals surface area (Å²) in [5, 5.41) is 6.00. The normalized spacial score (nSPS) is 12.4. The first-order valence-corrected chi connectivity index (χ1v) is 6.90. The fourth-order valence-corrected chi connectivity index (χ4v) is 2.10. The Morgan fingerprint density at radius 2 is 2.09 bits per heavy atom. The molecule has 2 aromatic rings. The van der Waals surface area contributed by atoms with E-state index in [2.05, 4.69) is 20.4 Å². The van der Waals surface area contributed by atoms with Gasteiger partial charge < -0.3 is 15.4 Å². The van der Waals surface area contributed by atoms with E-state index < -0.39 is 18.2 Å².